The first-order valence-corrected chi connectivity index (χ1v) is 5.32. The third kappa shape index (κ3) is 2.43. The van der Waals surface area contributed by atoms with Crippen molar-refractivity contribution in [1.82, 2.24) is 19.7 Å². The fraction of sp³-hybridized carbons (Fsp3) is 0.364. The monoisotopic (exact) mass is 217 g/mol. The van der Waals surface area contributed by atoms with Crippen molar-refractivity contribution in [2.75, 3.05) is 6.54 Å². The van der Waals surface area contributed by atoms with Gasteiger partial charge in [-0.2, -0.15) is 5.10 Å². The number of nitrogens with two attached hydrogens (primary N) is 1. The molecule has 2 heterocycles. The quantitative estimate of drug-likeness (QED) is 0.824. The zero-order valence-corrected chi connectivity index (χ0v) is 9.30. The highest BCUT2D eigenvalue weighted by atomic mass is 15.3. The van der Waals surface area contributed by atoms with E-state index in [1.54, 1.807) is 11.0 Å². The molecule has 0 aliphatic carbocycles. The van der Waals surface area contributed by atoms with E-state index in [-0.39, 0.29) is 0 Å². The Morgan fingerprint density at radius 2 is 2.25 bits per heavy atom. The molecule has 2 rings (SSSR count). The van der Waals surface area contributed by atoms with Crippen molar-refractivity contribution in [3.8, 4) is 5.82 Å². The van der Waals surface area contributed by atoms with Crippen molar-refractivity contribution in [3.63, 3.8) is 0 Å². The van der Waals surface area contributed by atoms with Gasteiger partial charge in [0.2, 0.25) is 0 Å². The van der Waals surface area contributed by atoms with Crippen LogP contribution in [0.4, 0.5) is 0 Å². The van der Waals surface area contributed by atoms with Gasteiger partial charge in [-0.15, -0.1) is 0 Å². The molecular formula is C11H15N5. The molecule has 0 radical (unpaired) electrons. The van der Waals surface area contributed by atoms with Crippen molar-refractivity contribution >= 4 is 0 Å². The predicted molar refractivity (Wildman–Crippen MR) is 61.3 cm³/mol. The van der Waals surface area contributed by atoms with E-state index in [0.29, 0.717) is 6.54 Å². The molecule has 0 saturated heterocycles. The molecule has 0 unspecified atom stereocenters. The maximum Gasteiger partial charge on any atom is 0.156 e. The maximum absolute atomic E-state index is 5.47. The lowest BCUT2D eigenvalue weighted by atomic mass is 10.2. The molecule has 0 bridgehead atoms. The normalized spacial score (nSPS) is 10.6. The Kier molecular flexibility index (Phi) is 3.26. The second-order valence-electron chi connectivity index (χ2n) is 3.70. The SMILES string of the molecule is Cc1cc(-n2cc(CCCN)cn2)ncn1. The summed E-state index contributed by atoms with van der Waals surface area (Å²) in [7, 11) is 0. The molecule has 0 saturated carbocycles. The summed E-state index contributed by atoms with van der Waals surface area (Å²) >= 11 is 0. The van der Waals surface area contributed by atoms with E-state index in [2.05, 4.69) is 15.1 Å². The summed E-state index contributed by atoms with van der Waals surface area (Å²) in [5, 5.41) is 4.27. The van der Waals surface area contributed by atoms with Gasteiger partial charge in [-0.3, -0.25) is 0 Å². The van der Waals surface area contributed by atoms with Crippen LogP contribution in [0, 0.1) is 6.92 Å². The van der Waals surface area contributed by atoms with Gasteiger partial charge in [0.25, 0.3) is 0 Å². The van der Waals surface area contributed by atoms with Crippen LogP contribution in [-0.4, -0.2) is 26.3 Å². The Labute approximate surface area is 94.3 Å². The Morgan fingerprint density at radius 3 is 3.00 bits per heavy atom. The maximum atomic E-state index is 5.47. The van der Waals surface area contributed by atoms with E-state index >= 15 is 0 Å². The molecule has 2 aromatic heterocycles. The Hall–Kier alpha value is -1.75. The van der Waals surface area contributed by atoms with Gasteiger partial charge in [-0.05, 0) is 31.9 Å². The Morgan fingerprint density at radius 1 is 1.38 bits per heavy atom. The number of rotatable bonds is 4. The third-order valence-electron chi connectivity index (χ3n) is 2.33. The van der Waals surface area contributed by atoms with Gasteiger partial charge in [0, 0.05) is 18.0 Å². The minimum atomic E-state index is 0.706. The summed E-state index contributed by atoms with van der Waals surface area (Å²) in [5.41, 5.74) is 7.58. The third-order valence-corrected chi connectivity index (χ3v) is 2.33. The van der Waals surface area contributed by atoms with Gasteiger partial charge >= 0.3 is 0 Å². The van der Waals surface area contributed by atoms with Crippen LogP contribution < -0.4 is 5.73 Å². The molecule has 2 aromatic rings. The van der Waals surface area contributed by atoms with Gasteiger partial charge in [0.1, 0.15) is 6.33 Å². The van der Waals surface area contributed by atoms with E-state index in [1.807, 2.05) is 25.4 Å². The van der Waals surface area contributed by atoms with Crippen LogP contribution in [0.25, 0.3) is 5.82 Å². The van der Waals surface area contributed by atoms with Crippen molar-refractivity contribution in [3.05, 3.63) is 36.0 Å². The smallest absolute Gasteiger partial charge is 0.156 e. The van der Waals surface area contributed by atoms with Gasteiger partial charge in [0.05, 0.1) is 6.20 Å². The average Bonchev–Trinajstić information content (AvgIpc) is 2.75. The van der Waals surface area contributed by atoms with Gasteiger partial charge < -0.3 is 5.73 Å². The van der Waals surface area contributed by atoms with Crippen LogP contribution >= 0.6 is 0 Å². The second kappa shape index (κ2) is 4.85. The molecule has 84 valence electrons. The first-order valence-electron chi connectivity index (χ1n) is 5.32. The predicted octanol–water partition coefficient (Wildman–Crippen LogP) is 0.862. The summed E-state index contributed by atoms with van der Waals surface area (Å²) in [5.74, 6) is 0.798. The highest BCUT2D eigenvalue weighted by Gasteiger charge is 2.02. The van der Waals surface area contributed by atoms with Crippen molar-refractivity contribution in [2.45, 2.75) is 19.8 Å². The van der Waals surface area contributed by atoms with Crippen LogP contribution in [0.15, 0.2) is 24.8 Å². The molecule has 0 aromatic carbocycles. The summed E-state index contributed by atoms with van der Waals surface area (Å²) in [6.07, 6.45) is 7.32. The van der Waals surface area contributed by atoms with Crippen LogP contribution in [0.1, 0.15) is 17.7 Å². The number of hydrogen-bond donors (Lipinski definition) is 1. The molecule has 0 aliphatic rings. The number of hydrogen-bond acceptors (Lipinski definition) is 4. The topological polar surface area (TPSA) is 69.6 Å². The van der Waals surface area contributed by atoms with Crippen LogP contribution in [0.5, 0.6) is 0 Å². The number of aryl methyl sites for hydroxylation is 2. The first-order chi connectivity index (χ1) is 7.79. The molecule has 2 N–H and O–H groups in total. The summed E-state index contributed by atoms with van der Waals surface area (Å²) < 4.78 is 1.76. The molecule has 16 heavy (non-hydrogen) atoms. The average molecular weight is 217 g/mol. The molecule has 0 fully saturated rings. The fourth-order valence-corrected chi connectivity index (χ4v) is 1.49. The molecular weight excluding hydrogens is 202 g/mol. The van der Waals surface area contributed by atoms with E-state index in [4.69, 9.17) is 5.73 Å². The number of aromatic nitrogens is 4. The van der Waals surface area contributed by atoms with E-state index in [1.165, 1.54) is 5.56 Å². The Bertz CT molecular complexity index is 463. The number of nitrogens with zero attached hydrogens (tertiary/aromatic N) is 4. The summed E-state index contributed by atoms with van der Waals surface area (Å²) in [6.45, 7) is 2.64. The van der Waals surface area contributed by atoms with Crippen molar-refractivity contribution < 1.29 is 0 Å². The molecule has 0 spiro atoms. The molecule has 0 amide bonds. The van der Waals surface area contributed by atoms with Crippen molar-refractivity contribution in [2.24, 2.45) is 5.73 Å². The Balaban J connectivity index is 2.18. The lowest BCUT2D eigenvalue weighted by Crippen LogP contribution is -2.00. The van der Waals surface area contributed by atoms with E-state index < -0.39 is 0 Å². The summed E-state index contributed by atoms with van der Waals surface area (Å²) in [6, 6.07) is 1.90. The molecule has 0 aliphatic heterocycles. The highest BCUT2D eigenvalue weighted by Crippen LogP contribution is 2.07. The van der Waals surface area contributed by atoms with E-state index in [9.17, 15) is 0 Å². The van der Waals surface area contributed by atoms with Crippen molar-refractivity contribution in [1.29, 1.82) is 0 Å². The minimum absolute atomic E-state index is 0.706. The summed E-state index contributed by atoms with van der Waals surface area (Å²) in [4.78, 5) is 8.22. The van der Waals surface area contributed by atoms with Crippen LogP contribution in [0.2, 0.25) is 0 Å². The van der Waals surface area contributed by atoms with E-state index in [0.717, 1.165) is 24.4 Å². The van der Waals surface area contributed by atoms with Gasteiger partial charge in [-0.1, -0.05) is 0 Å². The zero-order valence-electron chi connectivity index (χ0n) is 9.30. The van der Waals surface area contributed by atoms with Gasteiger partial charge in [0.15, 0.2) is 5.82 Å². The molecule has 0 atom stereocenters. The standard InChI is InChI=1S/C11H15N5/c1-9-5-11(14-8-13-9)16-7-10(6-15-16)3-2-4-12/h5-8H,2-4,12H2,1H3. The minimum Gasteiger partial charge on any atom is -0.330 e. The molecule has 5 nitrogen and oxygen atoms in total. The largest absolute Gasteiger partial charge is 0.330 e. The van der Waals surface area contributed by atoms with Gasteiger partial charge in [-0.25, -0.2) is 14.6 Å². The lowest BCUT2D eigenvalue weighted by molar-refractivity contribution is 0.823. The highest BCUT2D eigenvalue weighted by molar-refractivity contribution is 5.23. The zero-order chi connectivity index (χ0) is 11.4. The molecule has 5 heteroatoms. The van der Waals surface area contributed by atoms with Crippen LogP contribution in [0.3, 0.4) is 0 Å². The first kappa shape index (κ1) is 10.8. The van der Waals surface area contributed by atoms with Crippen LogP contribution in [-0.2, 0) is 6.42 Å². The lowest BCUT2D eigenvalue weighted by Gasteiger charge is -1.99. The fourth-order valence-electron chi connectivity index (χ4n) is 1.49. The second-order valence-corrected chi connectivity index (χ2v) is 3.70.